The number of aromatic hydroxyl groups is 1. The molecular formula is C14H21ClN2O5. The van der Waals surface area contributed by atoms with Crippen molar-refractivity contribution in [3.05, 3.63) is 27.8 Å². The van der Waals surface area contributed by atoms with Gasteiger partial charge in [-0.3, -0.25) is 10.1 Å². The highest BCUT2D eigenvalue weighted by molar-refractivity contribution is 5.85. The van der Waals surface area contributed by atoms with Crippen LogP contribution in [-0.4, -0.2) is 28.4 Å². The number of hydrogen-bond donors (Lipinski definition) is 3. The van der Waals surface area contributed by atoms with Gasteiger partial charge in [0.05, 0.1) is 30.2 Å². The van der Waals surface area contributed by atoms with Crippen molar-refractivity contribution in [1.29, 1.82) is 0 Å². The van der Waals surface area contributed by atoms with Crippen LogP contribution in [0.3, 0.4) is 0 Å². The fraction of sp³-hybridized carbons (Fsp3) is 0.571. The summed E-state index contributed by atoms with van der Waals surface area (Å²) in [7, 11) is 1.31. The number of phenols is 1. The third-order valence-corrected chi connectivity index (χ3v) is 4.13. The molecule has 1 saturated carbocycles. The normalized spacial score (nSPS) is 17.6. The molecular weight excluding hydrogens is 312 g/mol. The van der Waals surface area contributed by atoms with Gasteiger partial charge in [-0.25, -0.2) is 0 Å². The van der Waals surface area contributed by atoms with Gasteiger partial charge in [0.15, 0.2) is 11.5 Å². The summed E-state index contributed by atoms with van der Waals surface area (Å²) in [5.74, 6) is -0.217. The number of hydrogen-bond acceptors (Lipinski definition) is 6. The molecule has 1 aliphatic rings. The first-order valence-corrected chi connectivity index (χ1v) is 6.94. The second-order valence-corrected chi connectivity index (χ2v) is 5.40. The number of non-ortho nitro benzene ring substituents is 1. The molecule has 7 nitrogen and oxygen atoms in total. The Kier molecular flexibility index (Phi) is 6.40. The smallest absolute Gasteiger partial charge is 0.273 e. The van der Waals surface area contributed by atoms with Crippen molar-refractivity contribution >= 4 is 18.1 Å². The van der Waals surface area contributed by atoms with E-state index < -0.39 is 17.1 Å². The zero-order valence-electron chi connectivity index (χ0n) is 12.3. The van der Waals surface area contributed by atoms with Gasteiger partial charge in [-0.15, -0.1) is 12.4 Å². The number of aliphatic hydroxyl groups is 1. The maximum atomic E-state index is 10.9. The molecule has 1 aromatic rings. The van der Waals surface area contributed by atoms with Crippen molar-refractivity contribution in [3.8, 4) is 11.5 Å². The Balaban J connectivity index is 0.00000242. The Morgan fingerprint density at radius 3 is 2.50 bits per heavy atom. The first-order valence-electron chi connectivity index (χ1n) is 6.94. The second-order valence-electron chi connectivity index (χ2n) is 5.40. The molecule has 0 amide bonds. The quantitative estimate of drug-likeness (QED) is 0.562. The van der Waals surface area contributed by atoms with Gasteiger partial charge in [-0.2, -0.15) is 0 Å². The highest BCUT2D eigenvalue weighted by Gasteiger charge is 2.32. The monoisotopic (exact) mass is 332 g/mol. The van der Waals surface area contributed by atoms with Gasteiger partial charge in [0.25, 0.3) is 5.69 Å². The molecule has 8 heteroatoms. The van der Waals surface area contributed by atoms with Crippen LogP contribution in [0.15, 0.2) is 12.1 Å². The van der Waals surface area contributed by atoms with Crippen molar-refractivity contribution < 1.29 is 19.9 Å². The number of ether oxygens (including phenoxy) is 1. The lowest BCUT2D eigenvalue weighted by atomic mass is 9.90. The molecule has 124 valence electrons. The first-order chi connectivity index (χ1) is 9.95. The maximum Gasteiger partial charge on any atom is 0.273 e. The lowest BCUT2D eigenvalue weighted by Crippen LogP contribution is -2.32. The third-order valence-electron chi connectivity index (χ3n) is 4.13. The molecule has 0 saturated heterocycles. The Morgan fingerprint density at radius 1 is 1.41 bits per heavy atom. The number of nitrogens with two attached hydrogens (primary N) is 1. The average Bonchev–Trinajstić information content (AvgIpc) is 2.99. The summed E-state index contributed by atoms with van der Waals surface area (Å²) in [4.78, 5) is 10.4. The number of aliphatic hydroxyl groups excluding tert-OH is 1. The van der Waals surface area contributed by atoms with E-state index in [0.717, 1.165) is 31.7 Å². The molecule has 0 heterocycles. The first kappa shape index (κ1) is 18.5. The number of rotatable bonds is 5. The molecule has 4 N–H and O–H groups in total. The number of nitro benzene ring substituents is 1. The van der Waals surface area contributed by atoms with E-state index in [0.29, 0.717) is 0 Å². The summed E-state index contributed by atoms with van der Waals surface area (Å²) in [6.07, 6.45) is 2.99. The van der Waals surface area contributed by atoms with Crippen LogP contribution in [0.1, 0.15) is 37.3 Å². The largest absolute Gasteiger partial charge is 0.504 e. The molecule has 1 fully saturated rings. The number of nitro groups is 1. The number of nitrogens with zero attached hydrogens (tertiary/aromatic N) is 1. The molecule has 0 unspecified atom stereocenters. The molecule has 0 aliphatic heterocycles. The number of phenolic OH excluding ortho intramolecular Hbond substituents is 1. The van der Waals surface area contributed by atoms with E-state index in [-0.39, 0.29) is 41.1 Å². The summed E-state index contributed by atoms with van der Waals surface area (Å²) >= 11 is 0. The number of halogens is 1. The molecule has 0 spiro atoms. The molecule has 0 radical (unpaired) electrons. The molecule has 0 bridgehead atoms. The van der Waals surface area contributed by atoms with Gasteiger partial charge >= 0.3 is 0 Å². The summed E-state index contributed by atoms with van der Waals surface area (Å²) in [6.45, 7) is 0. The highest BCUT2D eigenvalue weighted by Crippen LogP contribution is 2.40. The minimum Gasteiger partial charge on any atom is -0.504 e. The zero-order chi connectivity index (χ0) is 15.6. The zero-order valence-corrected chi connectivity index (χ0v) is 13.1. The fourth-order valence-electron chi connectivity index (χ4n) is 2.91. The number of benzene rings is 1. The van der Waals surface area contributed by atoms with Crippen LogP contribution in [0, 0.1) is 16.0 Å². The Morgan fingerprint density at radius 2 is 2.00 bits per heavy atom. The SMILES string of the molecule is COc1cc([N+](=O)[O-])cc([C@H](N)[C@H](O)C2CCCC2)c1O.Cl. The second kappa shape index (κ2) is 7.62. The van der Waals surface area contributed by atoms with E-state index in [1.807, 2.05) is 0 Å². The van der Waals surface area contributed by atoms with Gasteiger partial charge in [-0.05, 0) is 18.8 Å². The fourth-order valence-corrected chi connectivity index (χ4v) is 2.91. The number of methoxy groups -OCH3 is 1. The third kappa shape index (κ3) is 3.60. The van der Waals surface area contributed by atoms with Crippen molar-refractivity contribution in [2.45, 2.75) is 37.8 Å². The summed E-state index contributed by atoms with van der Waals surface area (Å²) in [6, 6.07) is 1.44. The van der Waals surface area contributed by atoms with Crippen LogP contribution in [0.4, 0.5) is 5.69 Å². The van der Waals surface area contributed by atoms with Crippen LogP contribution >= 0.6 is 12.4 Å². The average molecular weight is 333 g/mol. The summed E-state index contributed by atoms with van der Waals surface area (Å²) < 4.78 is 4.94. The minimum absolute atomic E-state index is 0. The Hall–Kier alpha value is -1.57. The van der Waals surface area contributed by atoms with Crippen molar-refractivity contribution in [3.63, 3.8) is 0 Å². The van der Waals surface area contributed by atoms with Gasteiger partial charge < -0.3 is 20.7 Å². The van der Waals surface area contributed by atoms with E-state index in [4.69, 9.17) is 10.5 Å². The van der Waals surface area contributed by atoms with Crippen LogP contribution in [-0.2, 0) is 0 Å². The Bertz CT molecular complexity index is 534. The van der Waals surface area contributed by atoms with Gasteiger partial charge in [-0.1, -0.05) is 12.8 Å². The van der Waals surface area contributed by atoms with E-state index in [1.165, 1.54) is 13.2 Å². The summed E-state index contributed by atoms with van der Waals surface area (Å²) in [5, 5.41) is 31.4. The molecule has 22 heavy (non-hydrogen) atoms. The van der Waals surface area contributed by atoms with E-state index in [2.05, 4.69) is 0 Å². The molecule has 1 aliphatic carbocycles. The highest BCUT2D eigenvalue weighted by atomic mass is 35.5. The Labute approximate surface area is 134 Å². The summed E-state index contributed by atoms with van der Waals surface area (Å²) in [5.41, 5.74) is 5.93. The molecule has 2 atom stereocenters. The lowest BCUT2D eigenvalue weighted by Gasteiger charge is -2.25. The van der Waals surface area contributed by atoms with E-state index in [9.17, 15) is 20.3 Å². The van der Waals surface area contributed by atoms with E-state index in [1.54, 1.807) is 0 Å². The maximum absolute atomic E-state index is 10.9. The standard InChI is InChI=1S/C14H20N2O5.ClH/c1-21-11-7-9(16(19)20)6-10(14(11)18)12(15)13(17)8-4-2-3-5-8;/h6-8,12-13,17-18H,2-5,15H2,1H3;1H/t12-,13+;/m0./s1. The molecule has 1 aromatic carbocycles. The van der Waals surface area contributed by atoms with Crippen LogP contribution in [0.25, 0.3) is 0 Å². The van der Waals surface area contributed by atoms with E-state index >= 15 is 0 Å². The van der Waals surface area contributed by atoms with Crippen molar-refractivity contribution in [2.75, 3.05) is 7.11 Å². The van der Waals surface area contributed by atoms with Crippen molar-refractivity contribution in [2.24, 2.45) is 11.7 Å². The predicted molar refractivity (Wildman–Crippen MR) is 83.5 cm³/mol. The molecule has 2 rings (SSSR count). The van der Waals surface area contributed by atoms with Crippen LogP contribution in [0.5, 0.6) is 11.5 Å². The van der Waals surface area contributed by atoms with Crippen molar-refractivity contribution in [1.82, 2.24) is 0 Å². The topological polar surface area (TPSA) is 119 Å². The lowest BCUT2D eigenvalue weighted by molar-refractivity contribution is -0.385. The van der Waals surface area contributed by atoms with Gasteiger partial charge in [0, 0.05) is 11.6 Å². The van der Waals surface area contributed by atoms with Crippen LogP contribution in [0.2, 0.25) is 0 Å². The van der Waals surface area contributed by atoms with Crippen LogP contribution < -0.4 is 10.5 Å². The minimum atomic E-state index is -0.887. The predicted octanol–water partition coefficient (Wildman–Crippen LogP) is 2.28. The molecule has 0 aromatic heterocycles. The van der Waals surface area contributed by atoms with Gasteiger partial charge in [0.1, 0.15) is 0 Å². The van der Waals surface area contributed by atoms with Gasteiger partial charge in [0.2, 0.25) is 0 Å².